The molecule has 0 aliphatic rings. The SMILES string of the molecule is CN(C)C(=O)COc1cccc(C(=O)C=Cc2ccc(Cl)c(Cl)c2)c1. The highest BCUT2D eigenvalue weighted by molar-refractivity contribution is 6.42. The largest absolute Gasteiger partial charge is 0.484 e. The van der Waals surface area contributed by atoms with Gasteiger partial charge in [-0.1, -0.05) is 47.5 Å². The number of likely N-dealkylation sites (N-methyl/N-ethyl adjacent to an activating group) is 1. The van der Waals surface area contributed by atoms with Crippen LogP contribution in [0.5, 0.6) is 5.75 Å². The predicted molar refractivity (Wildman–Crippen MR) is 100 cm³/mol. The first-order valence-corrected chi connectivity index (χ1v) is 8.23. The van der Waals surface area contributed by atoms with Crippen molar-refractivity contribution in [2.24, 2.45) is 0 Å². The Morgan fingerprint density at radius 1 is 1.08 bits per heavy atom. The monoisotopic (exact) mass is 377 g/mol. The highest BCUT2D eigenvalue weighted by Crippen LogP contribution is 2.23. The van der Waals surface area contributed by atoms with E-state index in [1.807, 2.05) is 0 Å². The molecule has 2 aromatic rings. The summed E-state index contributed by atoms with van der Waals surface area (Å²) in [6, 6.07) is 11.8. The number of nitrogens with zero attached hydrogens (tertiary/aromatic N) is 1. The van der Waals surface area contributed by atoms with Crippen molar-refractivity contribution < 1.29 is 14.3 Å². The van der Waals surface area contributed by atoms with Crippen molar-refractivity contribution in [2.45, 2.75) is 0 Å². The molecular weight excluding hydrogens is 361 g/mol. The van der Waals surface area contributed by atoms with Gasteiger partial charge in [-0.25, -0.2) is 0 Å². The van der Waals surface area contributed by atoms with Crippen LogP contribution in [0.4, 0.5) is 0 Å². The molecule has 6 heteroatoms. The molecule has 0 spiro atoms. The molecule has 0 saturated heterocycles. The highest BCUT2D eigenvalue weighted by atomic mass is 35.5. The molecule has 0 N–H and O–H groups in total. The Balaban J connectivity index is 2.06. The fourth-order valence-electron chi connectivity index (χ4n) is 1.90. The van der Waals surface area contributed by atoms with Crippen LogP contribution in [-0.4, -0.2) is 37.3 Å². The van der Waals surface area contributed by atoms with Crippen LogP contribution >= 0.6 is 23.2 Å². The van der Waals surface area contributed by atoms with Crippen LogP contribution in [-0.2, 0) is 4.79 Å². The molecule has 0 bridgehead atoms. The van der Waals surface area contributed by atoms with Crippen molar-refractivity contribution in [1.29, 1.82) is 0 Å². The summed E-state index contributed by atoms with van der Waals surface area (Å²) in [7, 11) is 3.30. The summed E-state index contributed by atoms with van der Waals surface area (Å²) in [6.07, 6.45) is 3.11. The maximum Gasteiger partial charge on any atom is 0.259 e. The van der Waals surface area contributed by atoms with E-state index in [1.54, 1.807) is 62.6 Å². The first-order chi connectivity index (χ1) is 11.9. The van der Waals surface area contributed by atoms with Gasteiger partial charge in [-0.2, -0.15) is 0 Å². The van der Waals surface area contributed by atoms with Crippen molar-refractivity contribution in [1.82, 2.24) is 4.90 Å². The first-order valence-electron chi connectivity index (χ1n) is 7.47. The van der Waals surface area contributed by atoms with Crippen LogP contribution < -0.4 is 4.74 Å². The number of hydrogen-bond acceptors (Lipinski definition) is 3. The maximum absolute atomic E-state index is 12.3. The molecule has 0 aliphatic heterocycles. The van der Waals surface area contributed by atoms with Crippen molar-refractivity contribution in [3.05, 3.63) is 69.7 Å². The van der Waals surface area contributed by atoms with Crippen LogP contribution in [0.3, 0.4) is 0 Å². The average molecular weight is 378 g/mol. The molecule has 130 valence electrons. The second-order valence-electron chi connectivity index (χ2n) is 5.48. The highest BCUT2D eigenvalue weighted by Gasteiger charge is 2.07. The van der Waals surface area contributed by atoms with E-state index in [4.69, 9.17) is 27.9 Å². The van der Waals surface area contributed by atoms with Crippen LogP contribution in [0.1, 0.15) is 15.9 Å². The number of benzene rings is 2. The molecule has 0 heterocycles. The number of ether oxygens (including phenoxy) is 1. The van der Waals surface area contributed by atoms with Crippen molar-refractivity contribution >= 4 is 41.0 Å². The summed E-state index contributed by atoms with van der Waals surface area (Å²) in [4.78, 5) is 25.3. The van der Waals surface area contributed by atoms with E-state index >= 15 is 0 Å². The molecule has 2 aromatic carbocycles. The minimum atomic E-state index is -0.185. The Morgan fingerprint density at radius 2 is 1.84 bits per heavy atom. The molecule has 0 atom stereocenters. The van der Waals surface area contributed by atoms with Gasteiger partial charge in [-0.3, -0.25) is 9.59 Å². The number of carbonyl (C=O) groups is 2. The second kappa shape index (κ2) is 8.70. The number of amides is 1. The fraction of sp³-hybridized carbons (Fsp3) is 0.158. The topological polar surface area (TPSA) is 46.6 Å². The summed E-state index contributed by atoms with van der Waals surface area (Å²) < 4.78 is 5.41. The number of ketones is 1. The summed E-state index contributed by atoms with van der Waals surface area (Å²) in [5.41, 5.74) is 1.23. The third kappa shape index (κ3) is 5.62. The fourth-order valence-corrected chi connectivity index (χ4v) is 2.20. The third-order valence-electron chi connectivity index (χ3n) is 3.35. The van der Waals surface area contributed by atoms with Gasteiger partial charge in [0.2, 0.25) is 0 Å². The van der Waals surface area contributed by atoms with Crippen molar-refractivity contribution in [3.8, 4) is 5.75 Å². The molecule has 0 fully saturated rings. The lowest BCUT2D eigenvalue weighted by Gasteiger charge is -2.11. The quantitative estimate of drug-likeness (QED) is 0.555. The molecule has 1 amide bonds. The lowest BCUT2D eigenvalue weighted by atomic mass is 10.1. The first kappa shape index (κ1) is 19.0. The summed E-state index contributed by atoms with van der Waals surface area (Å²) in [5, 5.41) is 0.888. The molecular formula is C19H17Cl2NO3. The van der Waals surface area contributed by atoms with Crippen LogP contribution in [0.25, 0.3) is 6.08 Å². The molecule has 0 aromatic heterocycles. The van der Waals surface area contributed by atoms with Crippen molar-refractivity contribution in [3.63, 3.8) is 0 Å². The van der Waals surface area contributed by atoms with Gasteiger partial charge in [-0.05, 0) is 35.9 Å². The molecule has 0 radical (unpaired) electrons. The molecule has 25 heavy (non-hydrogen) atoms. The molecule has 0 unspecified atom stereocenters. The van der Waals surface area contributed by atoms with E-state index in [2.05, 4.69) is 0 Å². The summed E-state index contributed by atoms with van der Waals surface area (Å²) in [5.74, 6) is 0.121. The van der Waals surface area contributed by atoms with Gasteiger partial charge in [0.1, 0.15) is 5.75 Å². The molecule has 0 aliphatic carbocycles. The maximum atomic E-state index is 12.3. The molecule has 4 nitrogen and oxygen atoms in total. The van der Waals surface area contributed by atoms with E-state index in [0.29, 0.717) is 21.4 Å². The van der Waals surface area contributed by atoms with Gasteiger partial charge < -0.3 is 9.64 Å². The number of rotatable bonds is 6. The number of halogens is 2. The Labute approximate surface area is 156 Å². The summed E-state index contributed by atoms with van der Waals surface area (Å²) >= 11 is 11.8. The van der Waals surface area contributed by atoms with Crippen LogP contribution in [0.2, 0.25) is 10.0 Å². The zero-order valence-corrected chi connectivity index (χ0v) is 15.3. The number of carbonyl (C=O) groups excluding carboxylic acids is 2. The van der Waals surface area contributed by atoms with Gasteiger partial charge in [0.15, 0.2) is 12.4 Å². The van der Waals surface area contributed by atoms with E-state index < -0.39 is 0 Å². The lowest BCUT2D eigenvalue weighted by Crippen LogP contribution is -2.27. The lowest BCUT2D eigenvalue weighted by molar-refractivity contribution is -0.130. The zero-order valence-electron chi connectivity index (χ0n) is 13.8. The average Bonchev–Trinajstić information content (AvgIpc) is 2.60. The summed E-state index contributed by atoms with van der Waals surface area (Å²) in [6.45, 7) is -0.0796. The minimum Gasteiger partial charge on any atom is -0.484 e. The molecule has 2 rings (SSSR count). The smallest absolute Gasteiger partial charge is 0.259 e. The normalized spacial score (nSPS) is 10.7. The van der Waals surface area contributed by atoms with Gasteiger partial charge in [-0.15, -0.1) is 0 Å². The third-order valence-corrected chi connectivity index (χ3v) is 4.09. The van der Waals surface area contributed by atoms with Crippen molar-refractivity contribution in [2.75, 3.05) is 20.7 Å². The van der Waals surface area contributed by atoms with E-state index in [-0.39, 0.29) is 18.3 Å². The Bertz CT molecular complexity index is 816. The number of hydrogen-bond donors (Lipinski definition) is 0. The zero-order chi connectivity index (χ0) is 18.4. The van der Waals surface area contributed by atoms with E-state index in [0.717, 1.165) is 5.56 Å². The second-order valence-corrected chi connectivity index (χ2v) is 6.29. The van der Waals surface area contributed by atoms with Gasteiger partial charge in [0.25, 0.3) is 5.91 Å². The van der Waals surface area contributed by atoms with E-state index in [9.17, 15) is 9.59 Å². The number of allylic oxidation sites excluding steroid dienone is 1. The predicted octanol–water partition coefficient (Wildman–Crippen LogP) is 4.36. The van der Waals surface area contributed by atoms with Gasteiger partial charge in [0.05, 0.1) is 10.0 Å². The molecule has 0 saturated carbocycles. The van der Waals surface area contributed by atoms with Crippen LogP contribution in [0.15, 0.2) is 48.5 Å². The van der Waals surface area contributed by atoms with E-state index in [1.165, 1.54) is 11.0 Å². The Hall–Kier alpha value is -2.30. The Morgan fingerprint density at radius 3 is 2.52 bits per heavy atom. The van der Waals surface area contributed by atoms with Gasteiger partial charge >= 0.3 is 0 Å². The van der Waals surface area contributed by atoms with Crippen LogP contribution in [0, 0.1) is 0 Å². The standard InChI is InChI=1S/C19H17Cl2NO3/c1-22(2)19(24)12-25-15-5-3-4-14(11-15)18(23)9-7-13-6-8-16(20)17(21)10-13/h3-11H,12H2,1-2H3. The minimum absolute atomic E-state index is 0.0796. The van der Waals surface area contributed by atoms with Gasteiger partial charge in [0, 0.05) is 19.7 Å². The Kier molecular flexibility index (Phi) is 6.62.